The van der Waals surface area contributed by atoms with Crippen LogP contribution < -0.4 is 5.32 Å². The summed E-state index contributed by atoms with van der Waals surface area (Å²) < 4.78 is 6.27. The van der Waals surface area contributed by atoms with Crippen molar-refractivity contribution in [2.45, 2.75) is 11.6 Å². The van der Waals surface area contributed by atoms with Crippen LogP contribution in [-0.2, 0) is 10.2 Å². The normalized spacial score (nSPS) is 19.5. The summed E-state index contributed by atoms with van der Waals surface area (Å²) in [5, 5.41) is 4.32. The summed E-state index contributed by atoms with van der Waals surface area (Å²) in [5.74, 6) is 0. The lowest BCUT2D eigenvalue weighted by Gasteiger charge is -2.42. The number of halogens is 1. The Balaban J connectivity index is 1.65. The van der Waals surface area contributed by atoms with Crippen LogP contribution in [0, 0.1) is 0 Å². The van der Waals surface area contributed by atoms with Crippen molar-refractivity contribution >= 4 is 11.6 Å². The molecular weight excluding hydrogens is 330 g/mol. The van der Waals surface area contributed by atoms with Crippen molar-refractivity contribution < 1.29 is 4.74 Å². The van der Waals surface area contributed by atoms with Gasteiger partial charge in [0, 0.05) is 11.6 Å². The van der Waals surface area contributed by atoms with Crippen LogP contribution in [0.3, 0.4) is 0 Å². The molecule has 0 radical (unpaired) electrons. The van der Waals surface area contributed by atoms with E-state index in [2.05, 4.69) is 66.0 Å². The molecule has 2 nitrogen and oxygen atoms in total. The second kappa shape index (κ2) is 7.01. The van der Waals surface area contributed by atoms with Crippen molar-refractivity contribution in [1.82, 2.24) is 5.32 Å². The molecule has 1 fully saturated rings. The summed E-state index contributed by atoms with van der Waals surface area (Å²) in [6.07, 6.45) is -0.113. The van der Waals surface area contributed by atoms with Crippen LogP contribution >= 0.6 is 11.6 Å². The Morgan fingerprint density at radius 2 is 1.36 bits per heavy atom. The Kier molecular flexibility index (Phi) is 4.58. The molecule has 1 aliphatic heterocycles. The molecule has 3 aromatic rings. The van der Waals surface area contributed by atoms with Crippen molar-refractivity contribution in [2.75, 3.05) is 13.2 Å². The number of benzene rings is 3. The molecule has 1 unspecified atom stereocenters. The predicted molar refractivity (Wildman–Crippen MR) is 102 cm³/mol. The van der Waals surface area contributed by atoms with E-state index < -0.39 is 0 Å². The first-order valence-electron chi connectivity index (χ1n) is 8.49. The first kappa shape index (κ1) is 16.3. The van der Waals surface area contributed by atoms with E-state index in [1.165, 1.54) is 11.1 Å². The molecule has 1 N–H and O–H groups in total. The quantitative estimate of drug-likeness (QED) is 0.722. The van der Waals surface area contributed by atoms with E-state index in [0.29, 0.717) is 6.61 Å². The molecular formula is C22H20ClNO. The van der Waals surface area contributed by atoms with Crippen molar-refractivity contribution in [3.05, 3.63) is 107 Å². The first-order chi connectivity index (χ1) is 12.3. The van der Waals surface area contributed by atoms with E-state index in [1.54, 1.807) is 0 Å². The summed E-state index contributed by atoms with van der Waals surface area (Å²) in [5.41, 5.74) is 3.44. The average Bonchev–Trinajstić information content (AvgIpc) is 2.70. The van der Waals surface area contributed by atoms with Gasteiger partial charge in [-0.05, 0) is 28.8 Å². The fourth-order valence-electron chi connectivity index (χ4n) is 3.51. The summed E-state index contributed by atoms with van der Waals surface area (Å²) in [4.78, 5) is 0. The van der Waals surface area contributed by atoms with Crippen LogP contribution in [-0.4, -0.2) is 13.2 Å². The molecule has 0 aromatic heterocycles. The molecule has 0 spiro atoms. The van der Waals surface area contributed by atoms with Crippen LogP contribution in [0.1, 0.15) is 22.9 Å². The van der Waals surface area contributed by atoms with Crippen molar-refractivity contribution in [3.8, 4) is 0 Å². The lowest BCUT2D eigenvalue weighted by atomic mass is 9.74. The van der Waals surface area contributed by atoms with Gasteiger partial charge >= 0.3 is 0 Å². The monoisotopic (exact) mass is 349 g/mol. The van der Waals surface area contributed by atoms with Crippen LogP contribution in [0.5, 0.6) is 0 Å². The highest BCUT2D eigenvalue weighted by molar-refractivity contribution is 6.30. The zero-order valence-electron chi connectivity index (χ0n) is 13.9. The van der Waals surface area contributed by atoms with Crippen molar-refractivity contribution in [3.63, 3.8) is 0 Å². The van der Waals surface area contributed by atoms with Gasteiger partial charge in [0.25, 0.3) is 0 Å². The lowest BCUT2D eigenvalue weighted by molar-refractivity contribution is -0.0328. The predicted octanol–water partition coefficient (Wildman–Crippen LogP) is 4.94. The third kappa shape index (κ3) is 3.21. The van der Waals surface area contributed by atoms with Gasteiger partial charge in [-0.15, -0.1) is 0 Å². The third-order valence-corrected chi connectivity index (χ3v) is 5.16. The minimum absolute atomic E-state index is 0.113. The summed E-state index contributed by atoms with van der Waals surface area (Å²) in [7, 11) is 0. The maximum absolute atomic E-state index is 6.27. The standard InChI is InChI=1S/C22H20ClNO/c23-20-13-11-17(12-14-20)21-24-15-22(16-25-21,18-7-3-1-4-8-18)19-9-5-2-6-10-19/h1-14,21,24H,15-16H2. The molecule has 126 valence electrons. The van der Waals surface area contributed by atoms with E-state index in [-0.39, 0.29) is 11.6 Å². The van der Waals surface area contributed by atoms with Crippen LogP contribution in [0.4, 0.5) is 0 Å². The molecule has 0 amide bonds. The van der Waals surface area contributed by atoms with Gasteiger partial charge in [0.1, 0.15) is 6.23 Å². The maximum Gasteiger partial charge on any atom is 0.134 e. The summed E-state index contributed by atoms with van der Waals surface area (Å²) >= 11 is 5.99. The van der Waals surface area contributed by atoms with Gasteiger partial charge in [-0.2, -0.15) is 0 Å². The fourth-order valence-corrected chi connectivity index (χ4v) is 3.63. The lowest BCUT2D eigenvalue weighted by Crippen LogP contribution is -2.50. The molecule has 1 aliphatic rings. The van der Waals surface area contributed by atoms with Gasteiger partial charge in [-0.1, -0.05) is 84.4 Å². The molecule has 3 aromatic carbocycles. The largest absolute Gasteiger partial charge is 0.358 e. The number of hydrogen-bond acceptors (Lipinski definition) is 2. The highest BCUT2D eigenvalue weighted by atomic mass is 35.5. The van der Waals surface area contributed by atoms with Crippen molar-refractivity contribution in [1.29, 1.82) is 0 Å². The highest BCUT2D eigenvalue weighted by Crippen LogP contribution is 2.37. The SMILES string of the molecule is Clc1ccc(C2NCC(c3ccccc3)(c3ccccc3)CO2)cc1. The minimum Gasteiger partial charge on any atom is -0.358 e. The van der Waals surface area contributed by atoms with Gasteiger partial charge < -0.3 is 4.74 Å². The average molecular weight is 350 g/mol. The second-order valence-corrected chi connectivity index (χ2v) is 6.87. The topological polar surface area (TPSA) is 21.3 Å². The van der Waals surface area contributed by atoms with E-state index in [4.69, 9.17) is 16.3 Å². The van der Waals surface area contributed by atoms with Crippen LogP contribution in [0.15, 0.2) is 84.9 Å². The minimum atomic E-state index is -0.189. The number of rotatable bonds is 3. The van der Waals surface area contributed by atoms with Crippen molar-refractivity contribution in [2.24, 2.45) is 0 Å². The number of ether oxygens (including phenoxy) is 1. The Hall–Kier alpha value is -2.13. The van der Waals surface area contributed by atoms with Gasteiger partial charge in [0.2, 0.25) is 0 Å². The third-order valence-electron chi connectivity index (χ3n) is 4.91. The van der Waals surface area contributed by atoms with Crippen LogP contribution in [0.2, 0.25) is 5.02 Å². The van der Waals surface area contributed by atoms with Gasteiger partial charge in [0.05, 0.1) is 12.0 Å². The molecule has 1 heterocycles. The number of nitrogens with one attached hydrogen (secondary N) is 1. The molecule has 0 aliphatic carbocycles. The Morgan fingerprint density at radius 3 is 1.84 bits per heavy atom. The molecule has 1 saturated heterocycles. The fraction of sp³-hybridized carbons (Fsp3) is 0.182. The second-order valence-electron chi connectivity index (χ2n) is 6.44. The summed E-state index contributed by atoms with van der Waals surface area (Å²) in [6, 6.07) is 29.0. The first-order valence-corrected chi connectivity index (χ1v) is 8.87. The molecule has 3 heteroatoms. The van der Waals surface area contributed by atoms with Crippen LogP contribution in [0.25, 0.3) is 0 Å². The van der Waals surface area contributed by atoms with E-state index in [9.17, 15) is 0 Å². The Morgan fingerprint density at radius 1 is 0.800 bits per heavy atom. The number of hydrogen-bond donors (Lipinski definition) is 1. The van der Waals surface area contributed by atoms with Gasteiger partial charge in [-0.3, -0.25) is 5.32 Å². The molecule has 1 atom stereocenters. The van der Waals surface area contributed by atoms with E-state index in [1.807, 2.05) is 24.3 Å². The Labute approximate surface area is 153 Å². The Bertz CT molecular complexity index is 768. The zero-order chi connectivity index (χ0) is 17.1. The molecule has 0 bridgehead atoms. The van der Waals surface area contributed by atoms with Gasteiger partial charge in [0.15, 0.2) is 0 Å². The van der Waals surface area contributed by atoms with E-state index >= 15 is 0 Å². The molecule has 25 heavy (non-hydrogen) atoms. The highest BCUT2D eigenvalue weighted by Gasteiger charge is 2.39. The summed E-state index contributed by atoms with van der Waals surface area (Å²) in [6.45, 7) is 1.44. The molecule has 4 rings (SSSR count). The van der Waals surface area contributed by atoms with E-state index in [0.717, 1.165) is 17.1 Å². The smallest absolute Gasteiger partial charge is 0.134 e. The van der Waals surface area contributed by atoms with Gasteiger partial charge in [-0.25, -0.2) is 0 Å². The molecule has 0 saturated carbocycles. The zero-order valence-corrected chi connectivity index (χ0v) is 14.6. The maximum atomic E-state index is 6.27.